The number of alkyl halides is 1. The van der Waals surface area contributed by atoms with Crippen molar-refractivity contribution in [2.24, 2.45) is 10.8 Å². The van der Waals surface area contributed by atoms with Gasteiger partial charge >= 0.3 is 0 Å². The van der Waals surface area contributed by atoms with Gasteiger partial charge in [0.05, 0.1) is 0 Å². The molecule has 0 aliphatic rings. The molecule has 0 amide bonds. The van der Waals surface area contributed by atoms with Crippen LogP contribution in [0.3, 0.4) is 0 Å². The summed E-state index contributed by atoms with van der Waals surface area (Å²) in [5, 5.41) is 1.03. The molecule has 0 saturated heterocycles. The number of halogens is 1. The first-order valence-electron chi connectivity index (χ1n) is 7.00. The van der Waals surface area contributed by atoms with Crippen LogP contribution in [0.15, 0.2) is 11.6 Å². The molecule has 0 aliphatic carbocycles. The van der Waals surface area contributed by atoms with Crippen LogP contribution in [0.5, 0.6) is 0 Å². The highest BCUT2D eigenvalue weighted by atomic mass is 79.9. The van der Waals surface area contributed by atoms with Gasteiger partial charge in [-0.1, -0.05) is 82.0 Å². The number of rotatable bonds is 8. The Labute approximate surface area is 117 Å². The summed E-state index contributed by atoms with van der Waals surface area (Å²) in [5.74, 6) is 0. The molecule has 0 aromatic heterocycles. The molecular weight excluding hydrogens is 272 g/mol. The summed E-state index contributed by atoms with van der Waals surface area (Å²) in [4.78, 5) is 0. The van der Waals surface area contributed by atoms with Crippen molar-refractivity contribution < 1.29 is 0 Å². The molecule has 0 saturated carbocycles. The maximum Gasteiger partial charge on any atom is 0.0242 e. The second-order valence-corrected chi connectivity index (χ2v) is 7.31. The molecule has 0 aromatic carbocycles. The van der Waals surface area contributed by atoms with E-state index in [-0.39, 0.29) is 0 Å². The van der Waals surface area contributed by atoms with E-state index in [1.54, 1.807) is 5.57 Å². The molecule has 0 nitrogen and oxygen atoms in total. The van der Waals surface area contributed by atoms with Crippen molar-refractivity contribution in [2.75, 3.05) is 5.33 Å². The van der Waals surface area contributed by atoms with Gasteiger partial charge in [0.25, 0.3) is 0 Å². The van der Waals surface area contributed by atoms with Crippen molar-refractivity contribution in [3.63, 3.8) is 0 Å². The first-order chi connectivity index (χ1) is 7.76. The van der Waals surface area contributed by atoms with E-state index in [1.165, 1.54) is 32.1 Å². The predicted molar refractivity (Wildman–Crippen MR) is 83.9 cm³/mol. The largest absolute Gasteiger partial charge is 0.0880 e. The van der Waals surface area contributed by atoms with Crippen molar-refractivity contribution in [3.8, 4) is 0 Å². The summed E-state index contributed by atoms with van der Waals surface area (Å²) in [7, 11) is 0. The minimum atomic E-state index is 0.444. The van der Waals surface area contributed by atoms with Crippen LogP contribution in [0.2, 0.25) is 0 Å². The Morgan fingerprint density at radius 3 is 1.94 bits per heavy atom. The molecule has 0 radical (unpaired) electrons. The monoisotopic (exact) mass is 302 g/mol. The molecule has 0 spiro atoms. The van der Waals surface area contributed by atoms with Crippen LogP contribution >= 0.6 is 15.9 Å². The molecule has 17 heavy (non-hydrogen) atoms. The molecule has 0 aliphatic heterocycles. The first-order valence-corrected chi connectivity index (χ1v) is 8.12. The number of hydrogen-bond donors (Lipinski definition) is 0. The predicted octanol–water partition coefficient (Wildman–Crippen LogP) is 6.35. The molecule has 102 valence electrons. The Morgan fingerprint density at radius 2 is 1.53 bits per heavy atom. The van der Waals surface area contributed by atoms with Gasteiger partial charge in [0.15, 0.2) is 0 Å². The zero-order valence-corrected chi connectivity index (χ0v) is 14.3. The molecule has 0 rings (SSSR count). The van der Waals surface area contributed by atoms with E-state index in [1.807, 2.05) is 0 Å². The highest BCUT2D eigenvalue weighted by molar-refractivity contribution is 9.09. The van der Waals surface area contributed by atoms with Gasteiger partial charge in [0.1, 0.15) is 0 Å². The van der Waals surface area contributed by atoms with Crippen LogP contribution in [0.1, 0.15) is 73.6 Å². The SMILES string of the molecule is CCC(C)(C)CC/C=C(\CBr)CC(C)(C)CC. The fraction of sp³-hybridized carbons (Fsp3) is 0.875. The second-order valence-electron chi connectivity index (χ2n) is 6.75. The third kappa shape index (κ3) is 8.02. The minimum Gasteiger partial charge on any atom is -0.0880 e. The van der Waals surface area contributed by atoms with Gasteiger partial charge in [0, 0.05) is 5.33 Å². The molecule has 0 atom stereocenters. The standard InChI is InChI=1S/C16H31Br/c1-7-15(3,4)11-9-10-14(13-17)12-16(5,6)8-2/h10H,7-9,11-13H2,1-6H3/b14-10-. The van der Waals surface area contributed by atoms with E-state index in [0.717, 1.165) is 5.33 Å². The van der Waals surface area contributed by atoms with Gasteiger partial charge in [-0.15, -0.1) is 0 Å². The molecular formula is C16H31Br. The highest BCUT2D eigenvalue weighted by Crippen LogP contribution is 2.31. The van der Waals surface area contributed by atoms with Crippen LogP contribution in [-0.2, 0) is 0 Å². The minimum absolute atomic E-state index is 0.444. The van der Waals surface area contributed by atoms with Gasteiger partial charge in [-0.05, 0) is 30.1 Å². The van der Waals surface area contributed by atoms with Crippen LogP contribution < -0.4 is 0 Å². The lowest BCUT2D eigenvalue weighted by Gasteiger charge is -2.24. The summed E-state index contributed by atoms with van der Waals surface area (Å²) >= 11 is 3.63. The topological polar surface area (TPSA) is 0 Å². The van der Waals surface area contributed by atoms with Crippen LogP contribution in [0.4, 0.5) is 0 Å². The molecule has 0 heterocycles. The zero-order valence-electron chi connectivity index (χ0n) is 12.7. The fourth-order valence-corrected chi connectivity index (χ4v) is 2.18. The Hall–Kier alpha value is 0.220. The first kappa shape index (κ1) is 17.2. The van der Waals surface area contributed by atoms with Gasteiger partial charge in [0.2, 0.25) is 0 Å². The molecule has 0 aromatic rings. The van der Waals surface area contributed by atoms with Crippen molar-refractivity contribution in [2.45, 2.75) is 73.6 Å². The van der Waals surface area contributed by atoms with E-state index < -0.39 is 0 Å². The van der Waals surface area contributed by atoms with Gasteiger partial charge in [-0.3, -0.25) is 0 Å². The van der Waals surface area contributed by atoms with Crippen LogP contribution in [0.25, 0.3) is 0 Å². The third-order valence-corrected chi connectivity index (χ3v) is 4.77. The molecule has 0 unspecified atom stereocenters. The van der Waals surface area contributed by atoms with Crippen LogP contribution in [0, 0.1) is 10.8 Å². The smallest absolute Gasteiger partial charge is 0.0242 e. The Bertz CT molecular complexity index is 236. The van der Waals surface area contributed by atoms with E-state index in [4.69, 9.17) is 0 Å². The van der Waals surface area contributed by atoms with Gasteiger partial charge < -0.3 is 0 Å². The van der Waals surface area contributed by atoms with E-state index in [9.17, 15) is 0 Å². The van der Waals surface area contributed by atoms with Crippen molar-refractivity contribution in [1.82, 2.24) is 0 Å². The van der Waals surface area contributed by atoms with Crippen LogP contribution in [-0.4, -0.2) is 5.33 Å². The Morgan fingerprint density at radius 1 is 1.00 bits per heavy atom. The fourth-order valence-electron chi connectivity index (χ4n) is 1.76. The number of hydrogen-bond acceptors (Lipinski definition) is 0. The lowest BCUT2D eigenvalue weighted by Crippen LogP contribution is -2.12. The van der Waals surface area contributed by atoms with Crippen molar-refractivity contribution >= 4 is 15.9 Å². The van der Waals surface area contributed by atoms with Gasteiger partial charge in [-0.25, -0.2) is 0 Å². The summed E-state index contributed by atoms with van der Waals surface area (Å²) in [6.45, 7) is 14.0. The van der Waals surface area contributed by atoms with Crippen molar-refractivity contribution in [1.29, 1.82) is 0 Å². The Kier molecular flexibility index (Phi) is 7.71. The van der Waals surface area contributed by atoms with E-state index >= 15 is 0 Å². The van der Waals surface area contributed by atoms with E-state index in [0.29, 0.717) is 10.8 Å². The van der Waals surface area contributed by atoms with Crippen molar-refractivity contribution in [3.05, 3.63) is 11.6 Å². The van der Waals surface area contributed by atoms with Gasteiger partial charge in [-0.2, -0.15) is 0 Å². The third-order valence-electron chi connectivity index (χ3n) is 4.05. The Balaban J connectivity index is 4.28. The molecule has 1 heteroatoms. The highest BCUT2D eigenvalue weighted by Gasteiger charge is 2.17. The molecule has 0 fully saturated rings. The lowest BCUT2D eigenvalue weighted by atomic mass is 9.82. The summed E-state index contributed by atoms with van der Waals surface area (Å²) in [5.41, 5.74) is 2.51. The average molecular weight is 303 g/mol. The second kappa shape index (κ2) is 7.61. The maximum absolute atomic E-state index is 3.63. The molecule has 0 N–H and O–H groups in total. The lowest BCUT2D eigenvalue weighted by molar-refractivity contribution is 0.323. The maximum atomic E-state index is 3.63. The summed E-state index contributed by atoms with van der Waals surface area (Å²) in [6, 6.07) is 0. The number of allylic oxidation sites excluding steroid dienone is 2. The average Bonchev–Trinajstić information content (AvgIpc) is 2.27. The molecule has 0 bridgehead atoms. The summed E-state index contributed by atoms with van der Waals surface area (Å²) in [6.07, 6.45) is 8.72. The quantitative estimate of drug-likeness (QED) is 0.362. The van der Waals surface area contributed by atoms with E-state index in [2.05, 4.69) is 63.5 Å². The normalized spacial score (nSPS) is 14.2. The summed E-state index contributed by atoms with van der Waals surface area (Å²) < 4.78 is 0. The zero-order chi connectivity index (χ0) is 13.5.